The van der Waals surface area contributed by atoms with E-state index < -0.39 is 21.2 Å². The average molecular weight is 330 g/mol. The first-order valence-electron chi connectivity index (χ1n) is 6.46. The van der Waals surface area contributed by atoms with Gasteiger partial charge in [-0.2, -0.15) is 5.26 Å². The lowest BCUT2D eigenvalue weighted by molar-refractivity contribution is 0.0527. The van der Waals surface area contributed by atoms with E-state index in [-0.39, 0.29) is 23.6 Å². The minimum atomic E-state index is -3.86. The van der Waals surface area contributed by atoms with Crippen LogP contribution in [0.3, 0.4) is 0 Å². The van der Waals surface area contributed by atoms with Crippen molar-refractivity contribution in [3.63, 3.8) is 0 Å². The molecule has 0 aliphatic carbocycles. The van der Waals surface area contributed by atoms with Crippen molar-refractivity contribution >= 4 is 32.3 Å². The largest absolute Gasteiger partial charge is 0.462 e. The maximum atomic E-state index is 12.1. The summed E-state index contributed by atoms with van der Waals surface area (Å²) in [6.45, 7) is 7.03. The second kappa shape index (κ2) is 6.91. The standard InChI is InChI=1S/C13H18N2O4S2/c1-5-10(7-14)21(17,18)15-12-11(13(16)19-6-2)8(3)9(4)20-12/h10,15H,5-6H2,1-4H3. The monoisotopic (exact) mass is 330 g/mol. The Kier molecular flexibility index (Phi) is 5.75. The van der Waals surface area contributed by atoms with Crippen LogP contribution in [-0.2, 0) is 14.8 Å². The number of aryl methyl sites for hydroxylation is 1. The molecule has 0 bridgehead atoms. The SMILES string of the molecule is CCOC(=O)c1c(NS(=O)(=O)C(C#N)CC)sc(C)c1C. The molecule has 0 saturated heterocycles. The molecule has 0 aromatic carbocycles. The van der Waals surface area contributed by atoms with Gasteiger partial charge in [-0.25, -0.2) is 13.2 Å². The first-order valence-corrected chi connectivity index (χ1v) is 8.83. The predicted molar refractivity (Wildman–Crippen MR) is 82.0 cm³/mol. The number of sulfonamides is 1. The molecule has 6 nitrogen and oxygen atoms in total. The predicted octanol–water partition coefficient (Wildman–Crippen LogP) is 2.59. The van der Waals surface area contributed by atoms with Crippen LogP contribution in [0.15, 0.2) is 0 Å². The van der Waals surface area contributed by atoms with Crippen LogP contribution in [0.2, 0.25) is 0 Å². The molecule has 1 aromatic rings. The van der Waals surface area contributed by atoms with Crippen molar-refractivity contribution in [2.75, 3.05) is 11.3 Å². The number of carbonyl (C=O) groups is 1. The summed E-state index contributed by atoms with van der Waals surface area (Å²) in [6.07, 6.45) is 0.171. The molecule has 116 valence electrons. The number of nitrogens with zero attached hydrogens (tertiary/aromatic N) is 1. The van der Waals surface area contributed by atoms with Crippen LogP contribution >= 0.6 is 11.3 Å². The molecule has 0 radical (unpaired) electrons. The van der Waals surface area contributed by atoms with Gasteiger partial charge in [0.25, 0.3) is 0 Å². The minimum absolute atomic E-state index is 0.171. The number of thiophene rings is 1. The van der Waals surface area contributed by atoms with Gasteiger partial charge in [-0.3, -0.25) is 4.72 Å². The molecule has 1 aromatic heterocycles. The summed E-state index contributed by atoms with van der Waals surface area (Å²) < 4.78 is 31.6. The number of ether oxygens (including phenoxy) is 1. The molecule has 8 heteroatoms. The van der Waals surface area contributed by atoms with Gasteiger partial charge in [0.1, 0.15) is 5.00 Å². The van der Waals surface area contributed by atoms with Gasteiger partial charge in [0, 0.05) is 4.88 Å². The Morgan fingerprint density at radius 2 is 2.05 bits per heavy atom. The fourth-order valence-electron chi connectivity index (χ4n) is 1.73. The molecule has 0 amide bonds. The van der Waals surface area contributed by atoms with E-state index >= 15 is 0 Å². The van der Waals surface area contributed by atoms with Gasteiger partial charge in [0.15, 0.2) is 5.25 Å². The highest BCUT2D eigenvalue weighted by molar-refractivity contribution is 7.93. The first-order chi connectivity index (χ1) is 9.78. The van der Waals surface area contributed by atoms with E-state index in [1.54, 1.807) is 33.8 Å². The summed E-state index contributed by atoms with van der Waals surface area (Å²) in [5, 5.41) is 7.95. The number of hydrogen-bond acceptors (Lipinski definition) is 6. The van der Waals surface area contributed by atoms with Gasteiger partial charge in [0.05, 0.1) is 18.2 Å². The third-order valence-corrected chi connectivity index (χ3v) is 5.92. The van der Waals surface area contributed by atoms with Gasteiger partial charge in [-0.05, 0) is 32.8 Å². The second-order valence-corrected chi connectivity index (χ2v) is 7.47. The van der Waals surface area contributed by atoms with Gasteiger partial charge in [0.2, 0.25) is 10.0 Å². The number of anilines is 1. The number of nitriles is 1. The highest BCUT2D eigenvalue weighted by Crippen LogP contribution is 2.34. The van der Waals surface area contributed by atoms with Crippen molar-refractivity contribution in [2.24, 2.45) is 0 Å². The Morgan fingerprint density at radius 3 is 2.52 bits per heavy atom. The highest BCUT2D eigenvalue weighted by Gasteiger charge is 2.28. The Labute approximate surface area is 128 Å². The lowest BCUT2D eigenvalue weighted by atomic mass is 10.2. The van der Waals surface area contributed by atoms with Crippen LogP contribution in [0.5, 0.6) is 0 Å². The average Bonchev–Trinajstić information content (AvgIpc) is 2.65. The van der Waals surface area contributed by atoms with Crippen molar-refractivity contribution in [3.05, 3.63) is 16.0 Å². The molecular formula is C13H18N2O4S2. The Bertz CT molecular complexity index is 671. The fraction of sp³-hybridized carbons (Fsp3) is 0.538. The van der Waals surface area contributed by atoms with Gasteiger partial charge < -0.3 is 4.74 Å². The number of nitrogens with one attached hydrogen (secondary N) is 1. The van der Waals surface area contributed by atoms with E-state index in [1.165, 1.54) is 0 Å². The number of carbonyl (C=O) groups excluding carboxylic acids is 1. The van der Waals surface area contributed by atoms with E-state index in [0.29, 0.717) is 5.56 Å². The molecule has 0 spiro atoms. The Hall–Kier alpha value is -1.59. The van der Waals surface area contributed by atoms with Crippen LogP contribution < -0.4 is 4.72 Å². The normalized spacial score (nSPS) is 12.5. The molecule has 0 aliphatic heterocycles. The molecule has 1 rings (SSSR count). The van der Waals surface area contributed by atoms with E-state index in [0.717, 1.165) is 16.2 Å². The summed E-state index contributed by atoms with van der Waals surface area (Å²) in [5.74, 6) is -0.568. The minimum Gasteiger partial charge on any atom is -0.462 e. The fourth-order valence-corrected chi connectivity index (χ4v) is 4.22. The second-order valence-electron chi connectivity index (χ2n) is 4.38. The van der Waals surface area contributed by atoms with E-state index in [4.69, 9.17) is 10.00 Å². The molecule has 0 aliphatic rings. The third kappa shape index (κ3) is 3.74. The summed E-state index contributed by atoms with van der Waals surface area (Å²) >= 11 is 1.16. The van der Waals surface area contributed by atoms with Crippen LogP contribution in [0.25, 0.3) is 0 Å². The molecule has 0 fully saturated rings. The van der Waals surface area contributed by atoms with Crippen LogP contribution in [0.4, 0.5) is 5.00 Å². The lowest BCUT2D eigenvalue weighted by Crippen LogP contribution is -2.26. The zero-order chi connectivity index (χ0) is 16.2. The van der Waals surface area contributed by atoms with Gasteiger partial charge >= 0.3 is 5.97 Å². The van der Waals surface area contributed by atoms with Crippen LogP contribution in [0, 0.1) is 25.2 Å². The molecular weight excluding hydrogens is 312 g/mol. The van der Waals surface area contributed by atoms with E-state index in [9.17, 15) is 13.2 Å². The van der Waals surface area contributed by atoms with Gasteiger partial charge in [-0.15, -0.1) is 11.3 Å². The highest BCUT2D eigenvalue weighted by atomic mass is 32.2. The van der Waals surface area contributed by atoms with E-state index in [1.807, 2.05) is 0 Å². The number of esters is 1. The van der Waals surface area contributed by atoms with Crippen molar-refractivity contribution in [1.29, 1.82) is 5.26 Å². The molecule has 1 N–H and O–H groups in total. The number of hydrogen-bond donors (Lipinski definition) is 1. The van der Waals surface area contributed by atoms with Gasteiger partial charge in [-0.1, -0.05) is 6.92 Å². The first kappa shape index (κ1) is 17.5. The van der Waals surface area contributed by atoms with Crippen molar-refractivity contribution in [2.45, 2.75) is 39.4 Å². The van der Waals surface area contributed by atoms with Crippen LogP contribution in [-0.4, -0.2) is 26.2 Å². The zero-order valence-electron chi connectivity index (χ0n) is 12.4. The summed E-state index contributed by atoms with van der Waals surface area (Å²) in [4.78, 5) is 12.8. The Balaban J connectivity index is 3.24. The molecule has 0 saturated carbocycles. The quantitative estimate of drug-likeness (QED) is 0.809. The lowest BCUT2D eigenvalue weighted by Gasteiger charge is -2.11. The third-order valence-electron chi connectivity index (χ3n) is 2.99. The molecule has 1 unspecified atom stereocenters. The van der Waals surface area contributed by atoms with Crippen molar-refractivity contribution < 1.29 is 17.9 Å². The summed E-state index contributed by atoms with van der Waals surface area (Å²) in [7, 11) is -3.86. The summed E-state index contributed by atoms with van der Waals surface area (Å²) in [5.41, 5.74) is 0.900. The van der Waals surface area contributed by atoms with Crippen molar-refractivity contribution in [3.8, 4) is 6.07 Å². The number of rotatable bonds is 6. The zero-order valence-corrected chi connectivity index (χ0v) is 14.0. The summed E-state index contributed by atoms with van der Waals surface area (Å²) in [6, 6.07) is 1.75. The maximum Gasteiger partial charge on any atom is 0.341 e. The molecule has 1 atom stereocenters. The van der Waals surface area contributed by atoms with E-state index in [2.05, 4.69) is 4.72 Å². The maximum absolute atomic E-state index is 12.1. The molecule has 1 heterocycles. The Morgan fingerprint density at radius 1 is 1.43 bits per heavy atom. The molecule has 21 heavy (non-hydrogen) atoms. The van der Waals surface area contributed by atoms with Crippen molar-refractivity contribution in [1.82, 2.24) is 0 Å². The topological polar surface area (TPSA) is 96.3 Å². The smallest absolute Gasteiger partial charge is 0.341 e. The van der Waals surface area contributed by atoms with Crippen LogP contribution in [0.1, 0.15) is 41.1 Å².